The first-order valence-corrected chi connectivity index (χ1v) is 11.5. The zero-order valence-corrected chi connectivity index (χ0v) is 19.5. The average molecular weight is 502 g/mol. The molecule has 0 saturated heterocycles. The van der Waals surface area contributed by atoms with E-state index in [9.17, 15) is 22.8 Å². The van der Waals surface area contributed by atoms with Crippen molar-refractivity contribution in [3.8, 4) is 0 Å². The second-order valence-electron chi connectivity index (χ2n) is 6.59. The fraction of sp³-hybridized carbons (Fsp3) is 0.250. The molecule has 0 radical (unpaired) electrons. The number of hydrogen-bond acceptors (Lipinski definition) is 6. The number of carbonyl (C=O) groups excluding carboxylic acids is 3. The van der Waals surface area contributed by atoms with Crippen molar-refractivity contribution in [3.63, 3.8) is 0 Å². The Hall–Kier alpha value is -2.66. The molecule has 2 aromatic carbocycles. The van der Waals surface area contributed by atoms with Crippen LogP contribution in [-0.2, 0) is 30.9 Å². The Kier molecular flexibility index (Phi) is 9.02. The van der Waals surface area contributed by atoms with Crippen LogP contribution in [0, 0.1) is 0 Å². The normalized spacial score (nSPS) is 12.0. The van der Waals surface area contributed by atoms with Crippen LogP contribution >= 0.6 is 23.2 Å². The molecule has 0 spiro atoms. The lowest BCUT2D eigenvalue weighted by atomic mass is 10.2. The van der Waals surface area contributed by atoms with Crippen molar-refractivity contribution >= 4 is 51.0 Å². The van der Waals surface area contributed by atoms with Crippen LogP contribution in [0.1, 0.15) is 22.8 Å². The molecule has 0 saturated carbocycles. The maximum Gasteiger partial charge on any atom is 0.325 e. The highest BCUT2D eigenvalue weighted by Gasteiger charge is 2.22. The summed E-state index contributed by atoms with van der Waals surface area (Å²) in [5.41, 5.74) is 0.908. The van der Waals surface area contributed by atoms with Crippen LogP contribution in [0.25, 0.3) is 0 Å². The topological polar surface area (TPSA) is 131 Å². The van der Waals surface area contributed by atoms with Gasteiger partial charge in [-0.25, -0.2) is 8.42 Å². The molecule has 0 aromatic heterocycles. The van der Waals surface area contributed by atoms with Gasteiger partial charge in [-0.2, -0.15) is 4.72 Å². The number of esters is 1. The van der Waals surface area contributed by atoms with Gasteiger partial charge in [0.05, 0.1) is 28.6 Å². The van der Waals surface area contributed by atoms with Crippen molar-refractivity contribution < 1.29 is 27.5 Å². The Morgan fingerprint density at radius 2 is 1.69 bits per heavy atom. The van der Waals surface area contributed by atoms with E-state index in [0.717, 1.165) is 0 Å². The molecule has 1 atom stereocenters. The van der Waals surface area contributed by atoms with Gasteiger partial charge in [0.25, 0.3) is 5.91 Å². The van der Waals surface area contributed by atoms with Gasteiger partial charge in [0, 0.05) is 11.6 Å². The van der Waals surface area contributed by atoms with Gasteiger partial charge in [-0.3, -0.25) is 14.4 Å². The zero-order valence-electron chi connectivity index (χ0n) is 17.1. The van der Waals surface area contributed by atoms with Gasteiger partial charge in [0.2, 0.25) is 15.9 Å². The summed E-state index contributed by atoms with van der Waals surface area (Å²) >= 11 is 11.8. The highest BCUT2D eigenvalue weighted by molar-refractivity contribution is 7.89. The summed E-state index contributed by atoms with van der Waals surface area (Å²) in [5.74, 6) is -1.74. The summed E-state index contributed by atoms with van der Waals surface area (Å²) in [6, 6.07) is 9.14. The maximum atomic E-state index is 12.5. The minimum atomic E-state index is -3.99. The first-order valence-electron chi connectivity index (χ1n) is 9.22. The van der Waals surface area contributed by atoms with E-state index in [0.29, 0.717) is 10.6 Å². The van der Waals surface area contributed by atoms with Gasteiger partial charge in [-0.05, 0) is 42.8 Å². The maximum absolute atomic E-state index is 12.5. The van der Waals surface area contributed by atoms with Crippen molar-refractivity contribution in [3.05, 3.63) is 63.6 Å². The highest BCUT2D eigenvalue weighted by Crippen LogP contribution is 2.21. The van der Waals surface area contributed by atoms with Gasteiger partial charge >= 0.3 is 5.97 Å². The molecule has 12 heteroatoms. The lowest BCUT2D eigenvalue weighted by Crippen LogP contribution is -2.46. The highest BCUT2D eigenvalue weighted by atomic mass is 35.5. The number of rotatable bonds is 9. The molecule has 0 aliphatic rings. The Balaban J connectivity index is 1.96. The number of amides is 2. The number of nitrogens with one attached hydrogen (secondary N) is 3. The number of ether oxygens (including phenoxy) is 1. The number of methoxy groups -OCH3 is 1. The number of hydrogen-bond donors (Lipinski definition) is 3. The zero-order chi connectivity index (χ0) is 23.9. The van der Waals surface area contributed by atoms with Crippen molar-refractivity contribution in [2.75, 3.05) is 13.7 Å². The standard InChI is InChI=1S/C20H21Cl2N3O6S/c1-12(19(27)24-11-18(26)31-2)25-32(29,30)15-6-3-13(4-7-15)10-23-20(28)16-8-5-14(21)9-17(16)22/h3-9,12,25H,10-11H2,1-2H3,(H,23,28)(H,24,27). The predicted molar refractivity (Wildman–Crippen MR) is 119 cm³/mol. The van der Waals surface area contributed by atoms with E-state index in [1.165, 1.54) is 50.4 Å². The van der Waals surface area contributed by atoms with E-state index < -0.39 is 33.8 Å². The van der Waals surface area contributed by atoms with E-state index in [4.69, 9.17) is 23.2 Å². The quantitative estimate of drug-likeness (QED) is 0.449. The average Bonchev–Trinajstić information content (AvgIpc) is 2.75. The molecule has 2 rings (SSSR count). The summed E-state index contributed by atoms with van der Waals surface area (Å²) in [6.45, 7) is 1.11. The lowest BCUT2D eigenvalue weighted by Gasteiger charge is -2.14. The SMILES string of the molecule is COC(=O)CNC(=O)C(C)NS(=O)(=O)c1ccc(CNC(=O)c2ccc(Cl)cc2Cl)cc1. The van der Waals surface area contributed by atoms with Crippen LogP contribution in [0.2, 0.25) is 10.0 Å². The molecular weight excluding hydrogens is 481 g/mol. The van der Waals surface area contributed by atoms with Crippen LogP contribution < -0.4 is 15.4 Å². The molecule has 1 unspecified atom stereocenters. The number of carbonyl (C=O) groups is 3. The predicted octanol–water partition coefficient (Wildman–Crippen LogP) is 1.88. The van der Waals surface area contributed by atoms with Gasteiger partial charge in [-0.1, -0.05) is 35.3 Å². The smallest absolute Gasteiger partial charge is 0.325 e. The van der Waals surface area contributed by atoms with E-state index >= 15 is 0 Å². The number of benzene rings is 2. The van der Waals surface area contributed by atoms with Gasteiger partial charge < -0.3 is 15.4 Å². The van der Waals surface area contributed by atoms with Crippen LogP contribution in [0.5, 0.6) is 0 Å². The summed E-state index contributed by atoms with van der Waals surface area (Å²) in [7, 11) is -2.82. The van der Waals surface area contributed by atoms with Gasteiger partial charge in [-0.15, -0.1) is 0 Å². The van der Waals surface area contributed by atoms with Crippen molar-refractivity contribution in [2.45, 2.75) is 24.4 Å². The Morgan fingerprint density at radius 3 is 2.28 bits per heavy atom. The first-order chi connectivity index (χ1) is 15.0. The minimum absolute atomic E-state index is 0.0686. The van der Waals surface area contributed by atoms with E-state index in [-0.39, 0.29) is 28.6 Å². The fourth-order valence-corrected chi connectivity index (χ4v) is 4.17. The van der Waals surface area contributed by atoms with E-state index in [1.807, 2.05) is 0 Å². The molecule has 9 nitrogen and oxygen atoms in total. The number of sulfonamides is 1. The molecule has 0 fully saturated rings. The third kappa shape index (κ3) is 7.20. The Morgan fingerprint density at radius 1 is 1.03 bits per heavy atom. The summed E-state index contributed by atoms with van der Waals surface area (Å²) in [5, 5.41) is 5.58. The molecule has 172 valence electrons. The van der Waals surface area contributed by atoms with Crippen LogP contribution in [-0.4, -0.2) is 45.9 Å². The van der Waals surface area contributed by atoms with Gasteiger partial charge in [0.15, 0.2) is 0 Å². The molecule has 0 bridgehead atoms. The molecule has 3 N–H and O–H groups in total. The molecule has 0 aliphatic carbocycles. The van der Waals surface area contributed by atoms with Crippen molar-refractivity contribution in [1.29, 1.82) is 0 Å². The van der Waals surface area contributed by atoms with E-state index in [1.54, 1.807) is 6.07 Å². The minimum Gasteiger partial charge on any atom is -0.468 e. The second-order valence-corrected chi connectivity index (χ2v) is 9.15. The molecule has 2 aromatic rings. The molecule has 32 heavy (non-hydrogen) atoms. The lowest BCUT2D eigenvalue weighted by molar-refractivity contribution is -0.141. The summed E-state index contributed by atoms with van der Waals surface area (Å²) < 4.78 is 31.6. The third-order valence-corrected chi connectivity index (χ3v) is 6.33. The number of halogens is 2. The van der Waals surface area contributed by atoms with Crippen LogP contribution in [0.4, 0.5) is 0 Å². The molecule has 2 amide bonds. The van der Waals surface area contributed by atoms with Crippen LogP contribution in [0.3, 0.4) is 0 Å². The molecular formula is C20H21Cl2N3O6S. The van der Waals surface area contributed by atoms with Gasteiger partial charge in [0.1, 0.15) is 6.54 Å². The van der Waals surface area contributed by atoms with Crippen LogP contribution in [0.15, 0.2) is 47.4 Å². The van der Waals surface area contributed by atoms with Crippen molar-refractivity contribution in [2.24, 2.45) is 0 Å². The van der Waals surface area contributed by atoms with E-state index in [2.05, 4.69) is 20.1 Å². The summed E-state index contributed by atoms with van der Waals surface area (Å²) in [6.07, 6.45) is 0. The Bertz CT molecular complexity index is 1110. The second kappa shape index (κ2) is 11.3. The summed E-state index contributed by atoms with van der Waals surface area (Å²) in [4.78, 5) is 35.2. The largest absolute Gasteiger partial charge is 0.468 e. The first kappa shape index (κ1) is 25.6. The molecule has 0 aliphatic heterocycles. The Labute approximate surface area is 195 Å². The van der Waals surface area contributed by atoms with Crippen molar-refractivity contribution in [1.82, 2.24) is 15.4 Å². The third-order valence-electron chi connectivity index (χ3n) is 4.22. The monoisotopic (exact) mass is 501 g/mol. The molecule has 0 heterocycles. The fourth-order valence-electron chi connectivity index (χ4n) is 2.48.